The molecule has 0 bridgehead atoms. The molecule has 126 valence electrons. The molecular weight excluding hydrogens is 318 g/mol. The van der Waals surface area contributed by atoms with Crippen LogP contribution < -0.4 is 9.64 Å². The number of anilines is 1. The van der Waals surface area contributed by atoms with Gasteiger partial charge in [0.2, 0.25) is 5.91 Å². The van der Waals surface area contributed by atoms with E-state index in [4.69, 9.17) is 4.74 Å². The summed E-state index contributed by atoms with van der Waals surface area (Å²) in [6.45, 7) is 2.33. The summed E-state index contributed by atoms with van der Waals surface area (Å²) in [6, 6.07) is 14.1. The van der Waals surface area contributed by atoms with Crippen LogP contribution in [-0.4, -0.2) is 28.0 Å². The number of ether oxygens (including phenoxy) is 1. The molecule has 1 aliphatic rings. The molecule has 4 rings (SSSR count). The van der Waals surface area contributed by atoms with Crippen molar-refractivity contribution in [3.8, 4) is 5.75 Å². The van der Waals surface area contributed by atoms with Crippen LogP contribution in [0.5, 0.6) is 5.75 Å². The van der Waals surface area contributed by atoms with Crippen LogP contribution in [0.4, 0.5) is 5.69 Å². The highest BCUT2D eigenvalue weighted by molar-refractivity contribution is 6.22. The standard InChI is InChI=1S/C19H17N3O3/c1-2-25-17-10-6-5-9-15(17)22-18(23)11-16(19(22)24)21-12-20-13-7-3-4-8-14(13)21/h3-10,12,16H,2,11H2,1H3. The number of aromatic nitrogens is 2. The largest absolute Gasteiger partial charge is 0.492 e. The summed E-state index contributed by atoms with van der Waals surface area (Å²) in [5.74, 6) is 0.0306. The fourth-order valence-electron chi connectivity index (χ4n) is 3.23. The lowest BCUT2D eigenvalue weighted by Gasteiger charge is -2.19. The van der Waals surface area contributed by atoms with Gasteiger partial charge >= 0.3 is 0 Å². The number of carbonyl (C=O) groups excluding carboxylic acids is 2. The summed E-state index contributed by atoms with van der Waals surface area (Å²) >= 11 is 0. The van der Waals surface area contributed by atoms with Crippen molar-refractivity contribution >= 4 is 28.5 Å². The Morgan fingerprint density at radius 3 is 2.72 bits per heavy atom. The molecule has 6 heteroatoms. The van der Waals surface area contributed by atoms with Gasteiger partial charge in [-0.15, -0.1) is 0 Å². The Hall–Kier alpha value is -3.15. The number of hydrogen-bond acceptors (Lipinski definition) is 4. The quantitative estimate of drug-likeness (QED) is 0.688. The van der Waals surface area contributed by atoms with Crippen LogP contribution in [0, 0.1) is 0 Å². The van der Waals surface area contributed by atoms with E-state index in [1.807, 2.05) is 37.3 Å². The van der Waals surface area contributed by atoms with E-state index in [2.05, 4.69) is 4.98 Å². The highest BCUT2D eigenvalue weighted by Crippen LogP contribution is 2.36. The van der Waals surface area contributed by atoms with Crippen LogP contribution in [0.25, 0.3) is 11.0 Å². The molecule has 25 heavy (non-hydrogen) atoms. The predicted molar refractivity (Wildman–Crippen MR) is 93.5 cm³/mol. The molecule has 1 aliphatic heterocycles. The fourth-order valence-corrected chi connectivity index (χ4v) is 3.23. The zero-order chi connectivity index (χ0) is 17.4. The lowest BCUT2D eigenvalue weighted by Crippen LogP contribution is -2.31. The minimum absolute atomic E-state index is 0.111. The van der Waals surface area contributed by atoms with Crippen molar-refractivity contribution in [2.45, 2.75) is 19.4 Å². The summed E-state index contributed by atoms with van der Waals surface area (Å²) in [5, 5.41) is 0. The van der Waals surface area contributed by atoms with E-state index in [1.165, 1.54) is 4.90 Å². The van der Waals surface area contributed by atoms with Crippen molar-refractivity contribution in [2.24, 2.45) is 0 Å². The molecule has 6 nitrogen and oxygen atoms in total. The number of rotatable bonds is 4. The number of imide groups is 1. The molecule has 0 spiro atoms. The molecule has 1 atom stereocenters. The van der Waals surface area contributed by atoms with Crippen LogP contribution in [0.2, 0.25) is 0 Å². The number of amides is 2. The first kappa shape index (κ1) is 15.4. The molecule has 0 N–H and O–H groups in total. The average molecular weight is 335 g/mol. The van der Waals surface area contributed by atoms with Gasteiger partial charge in [-0.05, 0) is 31.2 Å². The third-order valence-electron chi connectivity index (χ3n) is 4.35. The second-order valence-electron chi connectivity index (χ2n) is 5.83. The van der Waals surface area contributed by atoms with Gasteiger partial charge in [-0.2, -0.15) is 0 Å². The highest BCUT2D eigenvalue weighted by Gasteiger charge is 2.42. The van der Waals surface area contributed by atoms with Gasteiger partial charge in [0.05, 0.1) is 36.1 Å². The Bertz CT molecular complexity index is 963. The Labute approximate surface area is 144 Å². The number of carbonyl (C=O) groups is 2. The topological polar surface area (TPSA) is 64.4 Å². The maximum absolute atomic E-state index is 13.0. The van der Waals surface area contributed by atoms with E-state index in [-0.39, 0.29) is 18.2 Å². The van der Waals surface area contributed by atoms with Crippen molar-refractivity contribution < 1.29 is 14.3 Å². The number of benzene rings is 2. The number of hydrogen-bond donors (Lipinski definition) is 0. The molecule has 0 aliphatic carbocycles. The van der Waals surface area contributed by atoms with Crippen LogP contribution >= 0.6 is 0 Å². The summed E-state index contributed by atoms with van der Waals surface area (Å²) in [7, 11) is 0. The number of fused-ring (bicyclic) bond motifs is 1. The van der Waals surface area contributed by atoms with Gasteiger partial charge in [0.25, 0.3) is 5.91 Å². The lowest BCUT2D eigenvalue weighted by molar-refractivity contribution is -0.122. The van der Waals surface area contributed by atoms with E-state index in [0.29, 0.717) is 18.0 Å². The molecule has 1 fully saturated rings. The maximum atomic E-state index is 13.0. The normalized spacial score (nSPS) is 17.5. The molecule has 2 amide bonds. The van der Waals surface area contributed by atoms with Crippen molar-refractivity contribution in [1.29, 1.82) is 0 Å². The van der Waals surface area contributed by atoms with E-state index in [1.54, 1.807) is 29.1 Å². The van der Waals surface area contributed by atoms with Gasteiger partial charge in [-0.3, -0.25) is 9.59 Å². The van der Waals surface area contributed by atoms with E-state index >= 15 is 0 Å². The number of nitrogens with zero attached hydrogens (tertiary/aromatic N) is 3. The van der Waals surface area contributed by atoms with Crippen LogP contribution in [0.1, 0.15) is 19.4 Å². The van der Waals surface area contributed by atoms with Crippen LogP contribution in [-0.2, 0) is 9.59 Å². The molecule has 1 aromatic heterocycles. The average Bonchev–Trinajstić information content (AvgIpc) is 3.17. The van der Waals surface area contributed by atoms with E-state index < -0.39 is 6.04 Å². The van der Waals surface area contributed by atoms with Gasteiger partial charge in [0, 0.05) is 0 Å². The first-order valence-electron chi connectivity index (χ1n) is 8.21. The minimum atomic E-state index is -0.588. The maximum Gasteiger partial charge on any atom is 0.257 e. The number of para-hydroxylation sites is 4. The fraction of sp³-hybridized carbons (Fsp3) is 0.211. The number of imidazole rings is 1. The zero-order valence-corrected chi connectivity index (χ0v) is 13.8. The molecule has 0 saturated carbocycles. The summed E-state index contributed by atoms with van der Waals surface area (Å²) in [5.41, 5.74) is 2.13. The Balaban J connectivity index is 1.74. The molecule has 2 aromatic carbocycles. The molecule has 1 unspecified atom stereocenters. The third kappa shape index (κ3) is 2.46. The smallest absolute Gasteiger partial charge is 0.257 e. The third-order valence-corrected chi connectivity index (χ3v) is 4.35. The van der Waals surface area contributed by atoms with Crippen molar-refractivity contribution in [3.05, 3.63) is 54.9 Å². The molecule has 3 aromatic rings. The lowest BCUT2D eigenvalue weighted by atomic mass is 10.2. The van der Waals surface area contributed by atoms with Crippen LogP contribution in [0.15, 0.2) is 54.9 Å². The first-order valence-corrected chi connectivity index (χ1v) is 8.21. The monoisotopic (exact) mass is 335 g/mol. The Morgan fingerprint density at radius 1 is 1.12 bits per heavy atom. The second kappa shape index (κ2) is 6.05. The van der Waals surface area contributed by atoms with Crippen molar-refractivity contribution in [1.82, 2.24) is 9.55 Å². The van der Waals surface area contributed by atoms with E-state index in [0.717, 1.165) is 11.0 Å². The van der Waals surface area contributed by atoms with Crippen molar-refractivity contribution in [2.75, 3.05) is 11.5 Å². The minimum Gasteiger partial charge on any atom is -0.492 e. The van der Waals surface area contributed by atoms with Crippen molar-refractivity contribution in [3.63, 3.8) is 0 Å². The summed E-state index contributed by atoms with van der Waals surface area (Å²) in [6.07, 6.45) is 1.73. The Morgan fingerprint density at radius 2 is 1.88 bits per heavy atom. The molecule has 1 saturated heterocycles. The first-order chi connectivity index (χ1) is 12.2. The molecule has 0 radical (unpaired) electrons. The van der Waals surface area contributed by atoms with Gasteiger partial charge in [-0.1, -0.05) is 24.3 Å². The highest BCUT2D eigenvalue weighted by atomic mass is 16.5. The zero-order valence-electron chi connectivity index (χ0n) is 13.8. The Kier molecular flexibility index (Phi) is 3.72. The second-order valence-corrected chi connectivity index (χ2v) is 5.83. The SMILES string of the molecule is CCOc1ccccc1N1C(=O)CC(n2cnc3ccccc32)C1=O. The van der Waals surface area contributed by atoms with Gasteiger partial charge in [0.15, 0.2) is 0 Å². The van der Waals surface area contributed by atoms with Crippen LogP contribution in [0.3, 0.4) is 0 Å². The van der Waals surface area contributed by atoms with E-state index in [9.17, 15) is 9.59 Å². The summed E-state index contributed by atoms with van der Waals surface area (Å²) < 4.78 is 7.35. The van der Waals surface area contributed by atoms with Gasteiger partial charge in [-0.25, -0.2) is 9.88 Å². The van der Waals surface area contributed by atoms with Gasteiger partial charge < -0.3 is 9.30 Å². The molecule has 2 heterocycles. The summed E-state index contributed by atoms with van der Waals surface area (Å²) in [4.78, 5) is 31.2. The predicted octanol–water partition coefficient (Wildman–Crippen LogP) is 2.94. The van der Waals surface area contributed by atoms with Gasteiger partial charge in [0.1, 0.15) is 11.8 Å². The molecular formula is C19H17N3O3.